The van der Waals surface area contributed by atoms with Crippen LogP contribution in [0.1, 0.15) is 24.2 Å². The second kappa shape index (κ2) is 5.09. The molecule has 0 saturated carbocycles. The zero-order valence-electron chi connectivity index (χ0n) is 8.96. The van der Waals surface area contributed by atoms with Gasteiger partial charge in [0.2, 0.25) is 0 Å². The summed E-state index contributed by atoms with van der Waals surface area (Å²) >= 11 is 4.81. The average Bonchev–Trinajstić information content (AvgIpc) is 2.61. The molecular weight excluding hydrogens is 278 g/mol. The molecule has 0 spiro atoms. The molecule has 1 amide bonds. The lowest BCUT2D eigenvalue weighted by Crippen LogP contribution is -2.39. The lowest BCUT2D eigenvalue weighted by molar-refractivity contribution is 0.0229. The predicted molar refractivity (Wildman–Crippen MR) is 65.4 cm³/mol. The quantitative estimate of drug-likeness (QED) is 0.926. The molecule has 0 aromatic carbocycles. The van der Waals surface area contributed by atoms with Crippen LogP contribution in [0.2, 0.25) is 0 Å². The monoisotopic (exact) mass is 291 g/mol. The fourth-order valence-electron chi connectivity index (χ4n) is 0.897. The van der Waals surface area contributed by atoms with Gasteiger partial charge in [0.1, 0.15) is 0 Å². The smallest absolute Gasteiger partial charge is 0.252 e. The Labute approximate surface area is 102 Å². The molecule has 15 heavy (non-hydrogen) atoms. The number of carbonyl (C=O) groups is 1. The Morgan fingerprint density at radius 2 is 2.33 bits per heavy atom. The van der Waals surface area contributed by atoms with Crippen LogP contribution in [0.3, 0.4) is 0 Å². The number of thiophene rings is 1. The van der Waals surface area contributed by atoms with Crippen LogP contribution in [0.5, 0.6) is 0 Å². The van der Waals surface area contributed by atoms with Gasteiger partial charge in [-0.25, -0.2) is 0 Å². The number of hydrogen-bond acceptors (Lipinski definition) is 3. The minimum atomic E-state index is -0.330. The molecule has 1 N–H and O–H groups in total. The van der Waals surface area contributed by atoms with Crippen LogP contribution in [-0.2, 0) is 4.74 Å². The van der Waals surface area contributed by atoms with Crippen molar-refractivity contribution in [2.75, 3.05) is 13.7 Å². The first-order valence-corrected chi connectivity index (χ1v) is 6.19. The van der Waals surface area contributed by atoms with E-state index in [1.807, 2.05) is 19.2 Å². The summed E-state index contributed by atoms with van der Waals surface area (Å²) in [5, 5.41) is 4.64. The minimum Gasteiger partial charge on any atom is -0.377 e. The van der Waals surface area contributed by atoms with Gasteiger partial charge in [0, 0.05) is 19.0 Å². The van der Waals surface area contributed by atoms with Crippen LogP contribution in [0.25, 0.3) is 0 Å². The van der Waals surface area contributed by atoms with E-state index in [2.05, 4.69) is 21.2 Å². The Morgan fingerprint density at radius 3 is 2.80 bits per heavy atom. The molecule has 0 radical (unpaired) electrons. The van der Waals surface area contributed by atoms with Crippen LogP contribution in [0, 0.1) is 0 Å². The number of carbonyl (C=O) groups excluding carboxylic acids is 1. The normalized spacial score (nSPS) is 11.5. The van der Waals surface area contributed by atoms with Gasteiger partial charge in [-0.05, 0) is 35.8 Å². The first-order chi connectivity index (χ1) is 6.94. The fraction of sp³-hybridized carbons (Fsp3) is 0.500. The minimum absolute atomic E-state index is 0.0675. The van der Waals surface area contributed by atoms with Gasteiger partial charge in [0.25, 0.3) is 5.91 Å². The summed E-state index contributed by atoms with van der Waals surface area (Å²) in [6, 6.07) is 1.81. The molecule has 0 aliphatic heterocycles. The van der Waals surface area contributed by atoms with E-state index in [1.165, 1.54) is 11.3 Å². The highest BCUT2D eigenvalue weighted by Crippen LogP contribution is 2.20. The molecule has 0 saturated heterocycles. The van der Waals surface area contributed by atoms with Gasteiger partial charge in [0.05, 0.1) is 15.0 Å². The van der Waals surface area contributed by atoms with Crippen LogP contribution in [0.15, 0.2) is 15.2 Å². The van der Waals surface area contributed by atoms with Crippen molar-refractivity contribution in [3.8, 4) is 0 Å². The Bertz CT molecular complexity index is 349. The molecule has 1 aromatic heterocycles. The lowest BCUT2D eigenvalue weighted by Gasteiger charge is -2.22. The molecule has 0 aliphatic rings. The van der Waals surface area contributed by atoms with Gasteiger partial charge in [-0.15, -0.1) is 11.3 Å². The summed E-state index contributed by atoms with van der Waals surface area (Å²) < 4.78 is 6.16. The van der Waals surface area contributed by atoms with E-state index in [0.29, 0.717) is 12.1 Å². The molecule has 0 fully saturated rings. The van der Waals surface area contributed by atoms with Crippen molar-refractivity contribution >= 4 is 33.2 Å². The average molecular weight is 292 g/mol. The molecule has 5 heteroatoms. The topological polar surface area (TPSA) is 38.3 Å². The maximum absolute atomic E-state index is 11.6. The van der Waals surface area contributed by atoms with Crippen molar-refractivity contribution in [3.05, 3.63) is 20.8 Å². The SMILES string of the molecule is COC(C)(C)CNC(=O)c1csc(Br)c1. The number of nitrogens with one attached hydrogen (secondary N) is 1. The summed E-state index contributed by atoms with van der Waals surface area (Å²) in [7, 11) is 1.63. The van der Waals surface area contributed by atoms with Crippen molar-refractivity contribution in [1.82, 2.24) is 5.32 Å². The summed E-state index contributed by atoms with van der Waals surface area (Å²) in [6.07, 6.45) is 0. The molecule has 1 rings (SSSR count). The first kappa shape index (κ1) is 12.7. The van der Waals surface area contributed by atoms with E-state index in [-0.39, 0.29) is 11.5 Å². The number of ether oxygens (including phenoxy) is 1. The highest BCUT2D eigenvalue weighted by molar-refractivity contribution is 9.11. The zero-order valence-corrected chi connectivity index (χ0v) is 11.4. The number of amides is 1. The van der Waals surface area contributed by atoms with E-state index in [1.54, 1.807) is 13.2 Å². The van der Waals surface area contributed by atoms with Gasteiger partial charge in [-0.2, -0.15) is 0 Å². The molecule has 1 heterocycles. The van der Waals surface area contributed by atoms with Crippen molar-refractivity contribution in [3.63, 3.8) is 0 Å². The van der Waals surface area contributed by atoms with Crippen LogP contribution in [-0.4, -0.2) is 25.2 Å². The Kier molecular flexibility index (Phi) is 4.31. The van der Waals surface area contributed by atoms with Crippen molar-refractivity contribution in [1.29, 1.82) is 0 Å². The molecule has 0 unspecified atom stereocenters. The number of rotatable bonds is 4. The summed E-state index contributed by atoms with van der Waals surface area (Å²) in [5.41, 5.74) is 0.349. The van der Waals surface area contributed by atoms with Crippen molar-refractivity contribution in [2.45, 2.75) is 19.4 Å². The molecule has 1 aromatic rings. The third kappa shape index (κ3) is 3.93. The van der Waals surface area contributed by atoms with Crippen molar-refractivity contribution < 1.29 is 9.53 Å². The van der Waals surface area contributed by atoms with Crippen LogP contribution < -0.4 is 5.32 Å². The third-order valence-electron chi connectivity index (χ3n) is 2.06. The molecule has 0 atom stereocenters. The van der Waals surface area contributed by atoms with E-state index in [9.17, 15) is 4.79 Å². The molecule has 3 nitrogen and oxygen atoms in total. The van der Waals surface area contributed by atoms with E-state index in [0.717, 1.165) is 3.79 Å². The Morgan fingerprint density at radius 1 is 1.67 bits per heavy atom. The van der Waals surface area contributed by atoms with Crippen molar-refractivity contribution in [2.24, 2.45) is 0 Å². The third-order valence-corrected chi connectivity index (χ3v) is 3.56. The molecule has 84 valence electrons. The molecule has 0 aliphatic carbocycles. The van der Waals surface area contributed by atoms with Crippen LogP contribution in [0.4, 0.5) is 0 Å². The maximum atomic E-state index is 11.6. The fourth-order valence-corrected chi connectivity index (χ4v) is 2.03. The molecular formula is C10H14BrNO2S. The van der Waals surface area contributed by atoms with E-state index < -0.39 is 0 Å². The highest BCUT2D eigenvalue weighted by Gasteiger charge is 2.18. The van der Waals surface area contributed by atoms with Gasteiger partial charge < -0.3 is 10.1 Å². The highest BCUT2D eigenvalue weighted by atomic mass is 79.9. The van der Waals surface area contributed by atoms with Crippen LogP contribution >= 0.6 is 27.3 Å². The molecule has 0 bridgehead atoms. The number of halogens is 1. The standard InChI is InChI=1S/C10H14BrNO2S/c1-10(2,14-3)6-12-9(13)7-4-8(11)15-5-7/h4-5H,6H2,1-3H3,(H,12,13). The van der Waals surface area contributed by atoms with E-state index in [4.69, 9.17) is 4.74 Å². The second-order valence-electron chi connectivity index (χ2n) is 3.79. The zero-order chi connectivity index (χ0) is 11.5. The van der Waals surface area contributed by atoms with E-state index >= 15 is 0 Å². The van der Waals surface area contributed by atoms with Gasteiger partial charge in [0.15, 0.2) is 0 Å². The summed E-state index contributed by atoms with van der Waals surface area (Å²) in [6.45, 7) is 4.35. The number of hydrogen-bond donors (Lipinski definition) is 1. The predicted octanol–water partition coefficient (Wildman–Crippen LogP) is 2.67. The maximum Gasteiger partial charge on any atom is 0.252 e. The Hall–Kier alpha value is -0.390. The largest absolute Gasteiger partial charge is 0.377 e. The number of methoxy groups -OCH3 is 1. The lowest BCUT2D eigenvalue weighted by atomic mass is 10.1. The second-order valence-corrected chi connectivity index (χ2v) is 6.08. The first-order valence-electron chi connectivity index (χ1n) is 4.52. The van der Waals surface area contributed by atoms with Gasteiger partial charge in [-0.1, -0.05) is 0 Å². The van der Waals surface area contributed by atoms with Gasteiger partial charge in [-0.3, -0.25) is 4.79 Å². The Balaban J connectivity index is 2.50. The van der Waals surface area contributed by atoms with Gasteiger partial charge >= 0.3 is 0 Å². The summed E-state index contributed by atoms with van der Waals surface area (Å²) in [4.78, 5) is 11.6. The summed E-state index contributed by atoms with van der Waals surface area (Å²) in [5.74, 6) is -0.0675.